The van der Waals surface area contributed by atoms with E-state index < -0.39 is 0 Å². The molecule has 1 aliphatic rings. The lowest BCUT2D eigenvalue weighted by atomic mass is 10.1. The second-order valence-electron chi connectivity index (χ2n) is 7.51. The van der Waals surface area contributed by atoms with Crippen molar-refractivity contribution in [1.82, 2.24) is 25.0 Å². The summed E-state index contributed by atoms with van der Waals surface area (Å²) >= 11 is 0. The van der Waals surface area contributed by atoms with Crippen LogP contribution in [0.4, 0.5) is 0 Å². The predicted molar refractivity (Wildman–Crippen MR) is 113 cm³/mol. The minimum atomic E-state index is 0.781. The van der Waals surface area contributed by atoms with E-state index in [1.165, 1.54) is 50.0 Å². The fraction of sp³-hybridized carbons (Fsp3) is 0.391. The second-order valence-corrected chi connectivity index (χ2v) is 7.51. The molecular weight excluding hydrogens is 346 g/mol. The molecule has 1 fully saturated rings. The Balaban J connectivity index is 1.40. The lowest BCUT2D eigenvalue weighted by Crippen LogP contribution is -2.24. The molecule has 1 aliphatic heterocycles. The van der Waals surface area contributed by atoms with Gasteiger partial charge >= 0.3 is 0 Å². The predicted octanol–water partition coefficient (Wildman–Crippen LogP) is 3.57. The Morgan fingerprint density at radius 2 is 1.86 bits per heavy atom. The lowest BCUT2D eigenvalue weighted by Gasteiger charge is -2.14. The highest BCUT2D eigenvalue weighted by atomic mass is 15.3. The highest BCUT2D eigenvalue weighted by molar-refractivity contribution is 5.61. The molecule has 0 aliphatic carbocycles. The van der Waals surface area contributed by atoms with Crippen LogP contribution in [0.1, 0.15) is 30.4 Å². The zero-order valence-electron chi connectivity index (χ0n) is 16.4. The highest BCUT2D eigenvalue weighted by Crippen LogP contribution is 2.21. The quantitative estimate of drug-likeness (QED) is 0.581. The minimum absolute atomic E-state index is 0.781. The Kier molecular flexibility index (Phi) is 6.48. The van der Waals surface area contributed by atoms with E-state index in [1.807, 2.05) is 23.0 Å². The van der Waals surface area contributed by atoms with E-state index >= 15 is 0 Å². The van der Waals surface area contributed by atoms with Gasteiger partial charge in [0.25, 0.3) is 0 Å². The number of rotatable bonds is 9. The summed E-state index contributed by atoms with van der Waals surface area (Å²) in [5, 5.41) is 8.48. The van der Waals surface area contributed by atoms with Crippen LogP contribution in [0.3, 0.4) is 0 Å². The van der Waals surface area contributed by atoms with E-state index in [1.54, 1.807) is 6.20 Å². The van der Waals surface area contributed by atoms with Crippen LogP contribution in [-0.2, 0) is 13.1 Å². The molecule has 146 valence electrons. The fourth-order valence-electron chi connectivity index (χ4n) is 3.85. The van der Waals surface area contributed by atoms with E-state index in [-0.39, 0.29) is 0 Å². The average Bonchev–Trinajstić information content (AvgIpc) is 3.39. The standard InChI is InChI=1S/C23H29N5/c1-2-8-20(9-3-1)18-28-19-22(23(26-28)21-10-6-11-24-16-21)17-25-12-7-15-27-13-4-5-14-27/h1-3,6,8-11,16,19,25H,4-5,7,12-15,17-18H2. The van der Waals surface area contributed by atoms with Gasteiger partial charge in [-0.25, -0.2) is 0 Å². The molecule has 3 heterocycles. The average molecular weight is 376 g/mol. The molecule has 4 rings (SSSR count). The number of hydrogen-bond donors (Lipinski definition) is 1. The number of hydrogen-bond acceptors (Lipinski definition) is 4. The van der Waals surface area contributed by atoms with Gasteiger partial charge in [0.15, 0.2) is 0 Å². The summed E-state index contributed by atoms with van der Waals surface area (Å²) in [6.45, 7) is 6.40. The maximum Gasteiger partial charge on any atom is 0.0983 e. The topological polar surface area (TPSA) is 46.0 Å². The maximum absolute atomic E-state index is 4.87. The Bertz CT molecular complexity index is 838. The number of benzene rings is 1. The summed E-state index contributed by atoms with van der Waals surface area (Å²) in [7, 11) is 0. The normalized spacial score (nSPS) is 14.6. The molecule has 0 amide bonds. The Hall–Kier alpha value is -2.50. The van der Waals surface area contributed by atoms with Gasteiger partial charge < -0.3 is 10.2 Å². The van der Waals surface area contributed by atoms with E-state index in [4.69, 9.17) is 5.10 Å². The third kappa shape index (κ3) is 5.06. The first-order valence-corrected chi connectivity index (χ1v) is 10.3. The van der Waals surface area contributed by atoms with Crippen molar-refractivity contribution in [2.24, 2.45) is 0 Å². The van der Waals surface area contributed by atoms with Crippen molar-refractivity contribution in [3.05, 3.63) is 72.2 Å². The highest BCUT2D eigenvalue weighted by Gasteiger charge is 2.13. The Labute approximate surface area is 167 Å². The van der Waals surface area contributed by atoms with Gasteiger partial charge in [0, 0.05) is 36.3 Å². The molecule has 5 heteroatoms. The molecule has 1 aromatic carbocycles. The summed E-state index contributed by atoms with van der Waals surface area (Å²) in [6, 6.07) is 14.5. The van der Waals surface area contributed by atoms with Crippen LogP contribution in [-0.4, -0.2) is 45.8 Å². The Morgan fingerprint density at radius 3 is 2.64 bits per heavy atom. The van der Waals surface area contributed by atoms with Crippen molar-refractivity contribution >= 4 is 0 Å². The summed E-state index contributed by atoms with van der Waals surface area (Å²) in [5.41, 5.74) is 4.58. The molecule has 28 heavy (non-hydrogen) atoms. The van der Waals surface area contributed by atoms with Gasteiger partial charge in [0.1, 0.15) is 0 Å². The van der Waals surface area contributed by atoms with E-state index in [0.717, 1.165) is 30.9 Å². The molecule has 0 radical (unpaired) electrons. The first kappa shape index (κ1) is 18.8. The van der Waals surface area contributed by atoms with Gasteiger partial charge in [0.2, 0.25) is 0 Å². The zero-order valence-corrected chi connectivity index (χ0v) is 16.4. The van der Waals surface area contributed by atoms with Gasteiger partial charge in [0.05, 0.1) is 12.2 Å². The first-order chi connectivity index (χ1) is 13.9. The summed E-state index contributed by atoms with van der Waals surface area (Å²) in [4.78, 5) is 6.84. The van der Waals surface area contributed by atoms with Crippen molar-refractivity contribution < 1.29 is 0 Å². The number of pyridine rings is 1. The van der Waals surface area contributed by atoms with Crippen LogP contribution in [0.25, 0.3) is 11.3 Å². The van der Waals surface area contributed by atoms with Crippen LogP contribution in [0.5, 0.6) is 0 Å². The molecule has 0 bridgehead atoms. The van der Waals surface area contributed by atoms with Crippen LogP contribution in [0, 0.1) is 0 Å². The van der Waals surface area contributed by atoms with Gasteiger partial charge in [-0.2, -0.15) is 5.10 Å². The molecule has 1 saturated heterocycles. The Morgan fingerprint density at radius 1 is 1.00 bits per heavy atom. The molecule has 3 aromatic rings. The summed E-state index contributed by atoms with van der Waals surface area (Å²) in [5.74, 6) is 0. The number of aromatic nitrogens is 3. The van der Waals surface area contributed by atoms with E-state index in [9.17, 15) is 0 Å². The summed E-state index contributed by atoms with van der Waals surface area (Å²) < 4.78 is 2.04. The molecule has 2 aromatic heterocycles. The van der Waals surface area contributed by atoms with Crippen molar-refractivity contribution in [1.29, 1.82) is 0 Å². The number of likely N-dealkylation sites (tertiary alicyclic amines) is 1. The van der Waals surface area contributed by atoms with Crippen molar-refractivity contribution in [3.63, 3.8) is 0 Å². The van der Waals surface area contributed by atoms with Gasteiger partial charge in [-0.1, -0.05) is 30.3 Å². The molecule has 1 N–H and O–H groups in total. The smallest absolute Gasteiger partial charge is 0.0983 e. The minimum Gasteiger partial charge on any atom is -0.312 e. The van der Waals surface area contributed by atoms with E-state index in [2.05, 4.69) is 51.7 Å². The van der Waals surface area contributed by atoms with E-state index in [0.29, 0.717) is 0 Å². The molecule has 0 saturated carbocycles. The van der Waals surface area contributed by atoms with Gasteiger partial charge in [-0.15, -0.1) is 0 Å². The second kappa shape index (κ2) is 9.62. The van der Waals surface area contributed by atoms with Crippen LogP contribution >= 0.6 is 0 Å². The molecule has 0 spiro atoms. The molecular formula is C23H29N5. The van der Waals surface area contributed by atoms with Crippen LogP contribution in [0.2, 0.25) is 0 Å². The third-order valence-electron chi connectivity index (χ3n) is 5.30. The number of nitrogens with one attached hydrogen (secondary N) is 1. The number of nitrogens with zero attached hydrogens (tertiary/aromatic N) is 4. The fourth-order valence-corrected chi connectivity index (χ4v) is 3.85. The van der Waals surface area contributed by atoms with Crippen LogP contribution in [0.15, 0.2) is 61.1 Å². The van der Waals surface area contributed by atoms with Crippen molar-refractivity contribution in [2.45, 2.75) is 32.4 Å². The van der Waals surface area contributed by atoms with Crippen molar-refractivity contribution in [3.8, 4) is 11.3 Å². The lowest BCUT2D eigenvalue weighted by molar-refractivity contribution is 0.331. The summed E-state index contributed by atoms with van der Waals surface area (Å²) in [6.07, 6.45) is 9.79. The first-order valence-electron chi connectivity index (χ1n) is 10.3. The maximum atomic E-state index is 4.87. The SMILES string of the molecule is c1ccc(Cn2cc(CNCCCN3CCCC3)c(-c3cccnc3)n2)cc1. The van der Waals surface area contributed by atoms with Crippen molar-refractivity contribution in [2.75, 3.05) is 26.2 Å². The van der Waals surface area contributed by atoms with Crippen LogP contribution < -0.4 is 5.32 Å². The molecule has 0 atom stereocenters. The largest absolute Gasteiger partial charge is 0.312 e. The molecule has 5 nitrogen and oxygen atoms in total. The third-order valence-corrected chi connectivity index (χ3v) is 5.30. The monoisotopic (exact) mass is 375 g/mol. The zero-order chi connectivity index (χ0) is 19.0. The molecule has 0 unspecified atom stereocenters. The van der Waals surface area contributed by atoms with Gasteiger partial charge in [-0.05, 0) is 63.1 Å². The van der Waals surface area contributed by atoms with Gasteiger partial charge in [-0.3, -0.25) is 9.67 Å².